The molecule has 0 fully saturated rings. The first-order chi connectivity index (χ1) is 0. The van der Waals surface area contributed by atoms with E-state index in [2.05, 4.69) is 0 Å². The fraction of sp³-hybridized carbons (Fsp3) is 0. The van der Waals surface area contributed by atoms with Gasteiger partial charge in [-0.25, -0.2) is 0 Å². The summed E-state index contributed by atoms with van der Waals surface area (Å²) in [7, 11) is 0. The van der Waals surface area contributed by atoms with Crippen LogP contribution in [0.15, 0.2) is 0 Å². The Bertz CT molecular complexity index is 8.00. The smallest absolute Gasteiger partial charge is 0 e. The Kier molecular flexibility index (Phi) is 208. The predicted octanol–water partition coefficient (Wildman–Crippen LogP) is 0.105. The molecular weight excluding hydrogens is 213 g/mol. The van der Waals surface area contributed by atoms with E-state index in [0.29, 0.717) is 0 Å². The minimum Gasteiger partial charge on any atom is -0.197 e. The Morgan fingerprint density at radius 3 is 1.00 bits per heavy atom. The molecule has 38 valence electrons. The Hall–Kier alpha value is 1.87. The fourth-order valence-electron chi connectivity index (χ4n) is 0. The van der Waals surface area contributed by atoms with Gasteiger partial charge in [-0.3, -0.25) is 0 Å². The normalized spacial score (nSPS) is 0. The molecule has 0 amide bonds. The van der Waals surface area contributed by atoms with Crippen LogP contribution in [0.1, 0.15) is 0 Å². The van der Waals surface area contributed by atoms with Gasteiger partial charge in [0.05, 0.1) is 0 Å². The van der Waals surface area contributed by atoms with Gasteiger partial charge in [0.1, 0.15) is 0 Å². The predicted molar refractivity (Wildman–Crippen MR) is 10.4 cm³/mol. The Balaban J connectivity index is 0. The molecule has 0 aromatic heterocycles. The van der Waals surface area contributed by atoms with Crippen molar-refractivity contribution in [3.63, 3.8) is 0 Å². The third-order valence-electron chi connectivity index (χ3n) is 0. The molecule has 0 aliphatic heterocycles. The van der Waals surface area contributed by atoms with Gasteiger partial charge in [0.15, 0.2) is 0 Å². The third kappa shape index (κ3) is 9.12. The fourth-order valence-corrected chi connectivity index (χ4v) is 0. The second-order valence-electron chi connectivity index (χ2n) is 0. The standard InChI is InChI=1S/Co.Cu.Ni.H2S/h;;;1H2. The van der Waals surface area contributed by atoms with Crippen LogP contribution in [0, 0.1) is 0 Å². The van der Waals surface area contributed by atoms with Crippen LogP contribution in [0.4, 0.5) is 0 Å². The average Bonchev–Trinajstić information content (AvgIpc) is 0. The largest absolute Gasteiger partial charge is 0.197 e. The van der Waals surface area contributed by atoms with Crippen LogP contribution in [0.3, 0.4) is 0 Å². The van der Waals surface area contributed by atoms with Crippen molar-refractivity contribution in [1.29, 1.82) is 0 Å². The van der Waals surface area contributed by atoms with Gasteiger partial charge >= 0.3 is 0 Å². The van der Waals surface area contributed by atoms with Gasteiger partial charge in [0, 0.05) is 50.3 Å². The molecule has 0 nitrogen and oxygen atoms in total. The van der Waals surface area contributed by atoms with Gasteiger partial charge in [-0.15, -0.1) is 0 Å². The summed E-state index contributed by atoms with van der Waals surface area (Å²) in [6, 6.07) is 0. The SMILES string of the molecule is S.[Co].[Cu].[Ni]. The van der Waals surface area contributed by atoms with Crippen molar-refractivity contribution in [3.8, 4) is 0 Å². The maximum atomic E-state index is 0. The van der Waals surface area contributed by atoms with Crippen molar-refractivity contribution >= 4 is 13.5 Å². The molecule has 0 atom stereocenters. The zero-order chi connectivity index (χ0) is 0. The molecule has 0 aromatic rings. The quantitative estimate of drug-likeness (QED) is 0.503. The molecule has 0 saturated heterocycles. The molecule has 0 aliphatic rings. The van der Waals surface area contributed by atoms with E-state index in [9.17, 15) is 0 Å². The molecule has 0 unspecified atom stereocenters. The van der Waals surface area contributed by atoms with Crippen molar-refractivity contribution in [2.75, 3.05) is 0 Å². The minimum atomic E-state index is 0. The van der Waals surface area contributed by atoms with E-state index < -0.39 is 0 Å². The first-order valence-electron chi connectivity index (χ1n) is 0. The van der Waals surface area contributed by atoms with E-state index in [-0.39, 0.29) is 63.8 Å². The van der Waals surface area contributed by atoms with E-state index in [0.717, 1.165) is 0 Å². The van der Waals surface area contributed by atoms with Gasteiger partial charge in [-0.1, -0.05) is 0 Å². The number of rotatable bonds is 0. The topological polar surface area (TPSA) is 0 Å². The van der Waals surface area contributed by atoms with E-state index in [4.69, 9.17) is 0 Å². The number of hydrogen-bond donors (Lipinski definition) is 0. The Morgan fingerprint density at radius 2 is 1.00 bits per heavy atom. The molecule has 0 bridgehead atoms. The summed E-state index contributed by atoms with van der Waals surface area (Å²) in [5.41, 5.74) is 0. The molecule has 4 heteroatoms. The van der Waals surface area contributed by atoms with Crippen molar-refractivity contribution < 1.29 is 50.3 Å². The monoisotopic (exact) mass is 214 g/mol. The summed E-state index contributed by atoms with van der Waals surface area (Å²) in [6.07, 6.45) is 0. The van der Waals surface area contributed by atoms with Gasteiger partial charge < -0.3 is 0 Å². The van der Waals surface area contributed by atoms with E-state index in [1.807, 2.05) is 0 Å². The van der Waals surface area contributed by atoms with E-state index in [1.54, 1.807) is 0 Å². The summed E-state index contributed by atoms with van der Waals surface area (Å²) in [6.45, 7) is 0. The van der Waals surface area contributed by atoms with Crippen molar-refractivity contribution in [2.45, 2.75) is 0 Å². The third-order valence-corrected chi connectivity index (χ3v) is 0. The molecular formula is H2CoCuNiS. The zero-order valence-electron chi connectivity index (χ0n) is 1.45. The minimum absolute atomic E-state index is 0. The molecule has 0 aromatic carbocycles. The van der Waals surface area contributed by atoms with Crippen LogP contribution in [0.2, 0.25) is 0 Å². The maximum absolute atomic E-state index is 0. The van der Waals surface area contributed by atoms with E-state index >= 15 is 0 Å². The summed E-state index contributed by atoms with van der Waals surface area (Å²) < 4.78 is 0. The van der Waals surface area contributed by atoms with Crippen molar-refractivity contribution in [3.05, 3.63) is 0 Å². The maximum Gasteiger partial charge on any atom is 0 e. The molecule has 2 radical (unpaired) electrons. The Labute approximate surface area is 63.5 Å². The summed E-state index contributed by atoms with van der Waals surface area (Å²) >= 11 is 0. The zero-order valence-corrected chi connectivity index (χ0v) is 5.42. The van der Waals surface area contributed by atoms with Crippen LogP contribution in [0.25, 0.3) is 0 Å². The van der Waals surface area contributed by atoms with Gasteiger partial charge in [-0.2, -0.15) is 13.5 Å². The first kappa shape index (κ1) is 39.8. The van der Waals surface area contributed by atoms with Gasteiger partial charge in [-0.05, 0) is 0 Å². The molecule has 0 saturated carbocycles. The van der Waals surface area contributed by atoms with E-state index in [1.165, 1.54) is 0 Å². The molecule has 0 N–H and O–H groups in total. The average molecular weight is 215 g/mol. The first-order valence-corrected chi connectivity index (χ1v) is 0. The van der Waals surface area contributed by atoms with Gasteiger partial charge in [0.2, 0.25) is 0 Å². The molecule has 0 heterocycles. The molecule has 0 spiro atoms. The van der Waals surface area contributed by atoms with Crippen LogP contribution in [-0.2, 0) is 50.3 Å². The van der Waals surface area contributed by atoms with Gasteiger partial charge in [0.25, 0.3) is 0 Å². The molecule has 0 rings (SSSR count). The van der Waals surface area contributed by atoms with Crippen LogP contribution in [-0.4, -0.2) is 0 Å². The van der Waals surface area contributed by atoms with Crippen LogP contribution in [0.5, 0.6) is 0 Å². The summed E-state index contributed by atoms with van der Waals surface area (Å²) in [5.74, 6) is 0. The van der Waals surface area contributed by atoms with Crippen molar-refractivity contribution in [2.24, 2.45) is 0 Å². The number of hydrogen-bond acceptors (Lipinski definition) is 0. The molecule has 4 heavy (non-hydrogen) atoms. The van der Waals surface area contributed by atoms with Crippen LogP contribution >= 0.6 is 13.5 Å². The second-order valence-corrected chi connectivity index (χ2v) is 0. The molecule has 0 aliphatic carbocycles. The Morgan fingerprint density at radius 1 is 1.00 bits per heavy atom. The summed E-state index contributed by atoms with van der Waals surface area (Å²) in [4.78, 5) is 0. The second kappa shape index (κ2) is 20.9. The van der Waals surface area contributed by atoms with Crippen LogP contribution < -0.4 is 0 Å². The van der Waals surface area contributed by atoms with Crippen molar-refractivity contribution in [1.82, 2.24) is 0 Å². The summed E-state index contributed by atoms with van der Waals surface area (Å²) in [5, 5.41) is 0.